The molecule has 0 amide bonds. The zero-order valence-corrected chi connectivity index (χ0v) is 37.6. The average Bonchev–Trinajstić information content (AvgIpc) is 3.62. The molecule has 0 radical (unpaired) electrons. The van der Waals surface area contributed by atoms with E-state index in [9.17, 15) is 0 Å². The van der Waals surface area contributed by atoms with E-state index in [0.29, 0.717) is 0 Å². The van der Waals surface area contributed by atoms with Gasteiger partial charge in [-0.25, -0.2) is 0 Å². The minimum absolute atomic E-state index is 0.272. The fourth-order valence-corrected chi connectivity index (χ4v) is 10.2. The summed E-state index contributed by atoms with van der Waals surface area (Å²) in [4.78, 5) is 4.82. The van der Waals surface area contributed by atoms with Gasteiger partial charge in [-0.1, -0.05) is 190 Å². The molecule has 0 N–H and O–H groups in total. The number of rotatable bonds is 9. The molecule has 1 aliphatic carbocycles. The summed E-state index contributed by atoms with van der Waals surface area (Å²) in [5.74, 6) is 0. The summed E-state index contributed by atoms with van der Waals surface area (Å²) in [5.41, 5.74) is 18.9. The number of fused-ring (bicyclic) bond motifs is 5. The maximum absolute atomic E-state index is 2.43. The van der Waals surface area contributed by atoms with Gasteiger partial charge in [-0.15, -0.1) is 0 Å². The monoisotopic (exact) mass is 856 g/mol. The molecule has 67 heavy (non-hydrogen) atoms. The Kier molecular flexibility index (Phi) is 9.88. The quantitative estimate of drug-likeness (QED) is 0.143. The third-order valence-corrected chi connectivity index (χ3v) is 13.8. The first-order valence-corrected chi connectivity index (χ1v) is 23.2. The smallest absolute Gasteiger partial charge is 0.0468 e. The van der Waals surface area contributed by atoms with Crippen LogP contribution in [0.25, 0.3) is 66.1 Å². The Labute approximate surface area is 393 Å². The van der Waals surface area contributed by atoms with Crippen LogP contribution in [0.1, 0.15) is 25.0 Å². The minimum atomic E-state index is -0.272. The van der Waals surface area contributed by atoms with Crippen LogP contribution in [0.3, 0.4) is 0 Å². The van der Waals surface area contributed by atoms with Crippen LogP contribution in [-0.4, -0.2) is 0 Å². The molecule has 11 aromatic carbocycles. The van der Waals surface area contributed by atoms with Crippen LogP contribution in [0, 0.1) is 0 Å². The summed E-state index contributed by atoms with van der Waals surface area (Å²) in [7, 11) is 0. The van der Waals surface area contributed by atoms with Crippen molar-refractivity contribution in [3.8, 4) is 44.5 Å². The minimum Gasteiger partial charge on any atom is -0.310 e. The van der Waals surface area contributed by atoms with Crippen LogP contribution in [0.5, 0.6) is 0 Å². The standard InChI is InChI=1S/C65H48N2/c1-65(2)63-43-59(66(55-30-23-49(24-31-55)45-13-5-3-6-14-45)56-32-25-50(26-33-56)46-15-7-4-8-16-46)37-39-61(63)62-40-38-60(44-64(62)65)67(58-36-29-48-18-10-12-20-53(48)42-58)57-34-27-51(28-35-57)54-22-21-47-17-9-11-19-52(47)41-54/h3-44H,1-2H3. The van der Waals surface area contributed by atoms with E-state index in [-0.39, 0.29) is 5.41 Å². The molecule has 0 atom stereocenters. The molecule has 2 heteroatoms. The van der Waals surface area contributed by atoms with E-state index in [1.54, 1.807) is 0 Å². The fraction of sp³-hybridized carbons (Fsp3) is 0.0462. The topological polar surface area (TPSA) is 6.48 Å². The van der Waals surface area contributed by atoms with Crippen molar-refractivity contribution in [2.24, 2.45) is 0 Å². The Morgan fingerprint density at radius 3 is 1.03 bits per heavy atom. The van der Waals surface area contributed by atoms with Crippen LogP contribution < -0.4 is 9.80 Å². The number of nitrogens with zero attached hydrogens (tertiary/aromatic N) is 2. The second kappa shape index (κ2) is 16.5. The highest BCUT2D eigenvalue weighted by atomic mass is 15.1. The van der Waals surface area contributed by atoms with Gasteiger partial charge < -0.3 is 9.80 Å². The van der Waals surface area contributed by atoms with Gasteiger partial charge in [0.2, 0.25) is 0 Å². The van der Waals surface area contributed by atoms with Crippen molar-refractivity contribution in [3.63, 3.8) is 0 Å². The van der Waals surface area contributed by atoms with Crippen LogP contribution in [0.2, 0.25) is 0 Å². The zero-order valence-electron chi connectivity index (χ0n) is 37.6. The normalized spacial score (nSPS) is 12.4. The van der Waals surface area contributed by atoms with Crippen molar-refractivity contribution in [2.75, 3.05) is 9.80 Å². The van der Waals surface area contributed by atoms with Crippen molar-refractivity contribution < 1.29 is 0 Å². The van der Waals surface area contributed by atoms with Gasteiger partial charge in [0, 0.05) is 39.5 Å². The Hall–Kier alpha value is -8.46. The number of hydrogen-bond acceptors (Lipinski definition) is 2. The van der Waals surface area contributed by atoms with Crippen molar-refractivity contribution in [3.05, 3.63) is 266 Å². The maximum Gasteiger partial charge on any atom is 0.0468 e. The highest BCUT2D eigenvalue weighted by Crippen LogP contribution is 2.53. The van der Waals surface area contributed by atoms with Crippen molar-refractivity contribution >= 4 is 55.7 Å². The summed E-state index contributed by atoms with van der Waals surface area (Å²) < 4.78 is 0. The molecule has 0 fully saturated rings. The molecule has 0 heterocycles. The molecule has 1 aliphatic rings. The lowest BCUT2D eigenvalue weighted by Gasteiger charge is -2.29. The van der Waals surface area contributed by atoms with Crippen LogP contribution in [0.15, 0.2) is 255 Å². The Morgan fingerprint density at radius 1 is 0.239 bits per heavy atom. The molecular weight excluding hydrogens is 809 g/mol. The van der Waals surface area contributed by atoms with Crippen molar-refractivity contribution in [1.29, 1.82) is 0 Å². The molecular formula is C65H48N2. The first-order chi connectivity index (χ1) is 32.9. The maximum atomic E-state index is 2.43. The largest absolute Gasteiger partial charge is 0.310 e. The molecule has 0 unspecified atom stereocenters. The predicted molar refractivity (Wildman–Crippen MR) is 285 cm³/mol. The zero-order chi connectivity index (χ0) is 44.9. The van der Waals surface area contributed by atoms with E-state index >= 15 is 0 Å². The number of hydrogen-bond donors (Lipinski definition) is 0. The fourth-order valence-electron chi connectivity index (χ4n) is 10.2. The van der Waals surface area contributed by atoms with Crippen molar-refractivity contribution in [1.82, 2.24) is 0 Å². The molecule has 0 aliphatic heterocycles. The van der Waals surface area contributed by atoms with Gasteiger partial charge >= 0.3 is 0 Å². The molecule has 0 saturated carbocycles. The van der Waals surface area contributed by atoms with E-state index in [1.807, 2.05) is 0 Å². The Bertz CT molecular complexity index is 3490. The predicted octanol–water partition coefficient (Wildman–Crippen LogP) is 18.2. The molecule has 0 spiro atoms. The summed E-state index contributed by atoms with van der Waals surface area (Å²) in [5, 5.41) is 4.95. The number of anilines is 6. The lowest BCUT2D eigenvalue weighted by Crippen LogP contribution is -2.17. The Morgan fingerprint density at radius 2 is 0.552 bits per heavy atom. The first-order valence-electron chi connectivity index (χ1n) is 23.2. The molecule has 318 valence electrons. The molecule has 2 nitrogen and oxygen atoms in total. The van der Waals surface area contributed by atoms with Crippen LogP contribution in [-0.2, 0) is 5.41 Å². The van der Waals surface area contributed by atoms with Crippen LogP contribution in [0.4, 0.5) is 34.1 Å². The summed E-state index contributed by atoms with van der Waals surface area (Å²) in [6, 6.07) is 93.2. The molecule has 0 saturated heterocycles. The SMILES string of the molecule is CC1(C)c2cc(N(c3ccc(-c4ccccc4)cc3)c3ccc(-c4ccccc4)cc3)ccc2-c2ccc(N(c3ccc(-c4ccc5ccccc5c4)cc3)c3ccc4ccccc4c3)cc21. The van der Waals surface area contributed by atoms with Gasteiger partial charge in [0.15, 0.2) is 0 Å². The summed E-state index contributed by atoms with van der Waals surface area (Å²) >= 11 is 0. The first kappa shape index (κ1) is 40.1. The molecule has 0 bridgehead atoms. The highest BCUT2D eigenvalue weighted by molar-refractivity contribution is 5.93. The van der Waals surface area contributed by atoms with Gasteiger partial charge in [-0.2, -0.15) is 0 Å². The van der Waals surface area contributed by atoms with Crippen molar-refractivity contribution in [2.45, 2.75) is 19.3 Å². The summed E-state index contributed by atoms with van der Waals surface area (Å²) in [6.45, 7) is 4.77. The van der Waals surface area contributed by atoms with E-state index in [2.05, 4.69) is 278 Å². The van der Waals surface area contributed by atoms with Crippen LogP contribution >= 0.6 is 0 Å². The van der Waals surface area contributed by atoms with Gasteiger partial charge in [0.1, 0.15) is 0 Å². The van der Waals surface area contributed by atoms with Gasteiger partial charge in [0.05, 0.1) is 0 Å². The van der Waals surface area contributed by atoms with Gasteiger partial charge in [0.25, 0.3) is 0 Å². The molecule has 0 aromatic heterocycles. The highest BCUT2D eigenvalue weighted by Gasteiger charge is 2.37. The Balaban J connectivity index is 0.932. The van der Waals surface area contributed by atoms with E-state index < -0.39 is 0 Å². The third kappa shape index (κ3) is 7.34. The van der Waals surface area contributed by atoms with Gasteiger partial charge in [-0.3, -0.25) is 0 Å². The summed E-state index contributed by atoms with van der Waals surface area (Å²) in [6.07, 6.45) is 0. The molecule has 11 aromatic rings. The second-order valence-corrected chi connectivity index (χ2v) is 18.2. The van der Waals surface area contributed by atoms with E-state index in [1.165, 1.54) is 77.2 Å². The third-order valence-electron chi connectivity index (χ3n) is 13.8. The molecule has 12 rings (SSSR count). The average molecular weight is 857 g/mol. The second-order valence-electron chi connectivity index (χ2n) is 18.2. The van der Waals surface area contributed by atoms with E-state index in [4.69, 9.17) is 0 Å². The lowest BCUT2D eigenvalue weighted by molar-refractivity contribution is 0.660. The van der Waals surface area contributed by atoms with E-state index in [0.717, 1.165) is 34.1 Å². The van der Waals surface area contributed by atoms with Gasteiger partial charge in [-0.05, 0) is 156 Å². The number of benzene rings is 11. The lowest BCUT2D eigenvalue weighted by atomic mass is 9.82.